The molecule has 0 saturated carbocycles. The van der Waals surface area contributed by atoms with Crippen LogP contribution in [0.5, 0.6) is 0 Å². The summed E-state index contributed by atoms with van der Waals surface area (Å²) in [5, 5.41) is 1.11. The number of benzene rings is 1. The number of rotatable bonds is 3. The van der Waals surface area contributed by atoms with Crippen molar-refractivity contribution in [3.8, 4) is 0 Å². The predicted molar refractivity (Wildman–Crippen MR) is 68.4 cm³/mol. The number of methoxy groups -OCH3 is 1. The monoisotopic (exact) mass is 297 g/mol. The Hall–Kier alpha value is -1.33. The summed E-state index contributed by atoms with van der Waals surface area (Å²) in [4.78, 5) is 14.5. The fourth-order valence-corrected chi connectivity index (χ4v) is 2.34. The van der Waals surface area contributed by atoms with Crippen LogP contribution in [0.2, 0.25) is 0 Å². The van der Waals surface area contributed by atoms with Gasteiger partial charge in [0.2, 0.25) is 0 Å². The lowest BCUT2D eigenvalue weighted by Gasteiger charge is -2.05. The largest absolute Gasteiger partial charge is 0.465 e. The Bertz CT molecular complexity index is 550. The van der Waals surface area contributed by atoms with Gasteiger partial charge in [0.25, 0.3) is 0 Å². The van der Waals surface area contributed by atoms with Crippen LogP contribution in [0, 0.1) is 0 Å². The second-order valence-electron chi connectivity index (χ2n) is 3.90. The summed E-state index contributed by atoms with van der Waals surface area (Å²) in [7, 11) is 1.38. The molecule has 17 heavy (non-hydrogen) atoms. The van der Waals surface area contributed by atoms with Crippen LogP contribution in [-0.4, -0.2) is 24.1 Å². The number of aromatic nitrogens is 1. The van der Waals surface area contributed by atoms with Crippen molar-refractivity contribution in [1.29, 1.82) is 0 Å². The van der Waals surface area contributed by atoms with Gasteiger partial charge in [-0.15, -0.1) is 0 Å². The van der Waals surface area contributed by atoms with E-state index in [4.69, 9.17) is 0 Å². The Morgan fingerprint density at radius 1 is 1.59 bits per heavy atom. The van der Waals surface area contributed by atoms with Crippen molar-refractivity contribution in [1.82, 2.24) is 4.98 Å². The highest BCUT2D eigenvalue weighted by Gasteiger charge is 2.20. The van der Waals surface area contributed by atoms with Crippen LogP contribution < -0.4 is 5.73 Å². The van der Waals surface area contributed by atoms with Crippen LogP contribution in [0.15, 0.2) is 28.9 Å². The number of para-hydroxylation sites is 1. The summed E-state index contributed by atoms with van der Waals surface area (Å²) in [6.45, 7) is 0. The number of halogens is 1. The van der Waals surface area contributed by atoms with Gasteiger partial charge < -0.3 is 15.5 Å². The van der Waals surface area contributed by atoms with Gasteiger partial charge in [0.05, 0.1) is 12.6 Å². The molecule has 0 amide bonds. The number of fused-ring (bicyclic) bond motifs is 1. The first-order chi connectivity index (χ1) is 8.13. The smallest absolute Gasteiger partial charge is 0.364 e. The Kier molecular flexibility index (Phi) is 3.49. The molecule has 4 nitrogen and oxygen atoms in total. The lowest BCUT2D eigenvalue weighted by Crippen LogP contribution is -2.66. The van der Waals surface area contributed by atoms with Gasteiger partial charge >= 0.3 is 5.97 Å². The molecular formula is C12H14BrN2O2+. The van der Waals surface area contributed by atoms with E-state index >= 15 is 0 Å². The fourth-order valence-electron chi connectivity index (χ4n) is 1.86. The quantitative estimate of drug-likeness (QED) is 0.837. The highest BCUT2D eigenvalue weighted by molar-refractivity contribution is 9.10. The molecule has 5 heteroatoms. The molecule has 90 valence electrons. The van der Waals surface area contributed by atoms with Crippen LogP contribution in [0.25, 0.3) is 10.9 Å². The van der Waals surface area contributed by atoms with Crippen molar-refractivity contribution in [2.75, 3.05) is 7.11 Å². The van der Waals surface area contributed by atoms with Crippen LogP contribution in [0.1, 0.15) is 5.56 Å². The SMILES string of the molecule is COC(=O)[C@@H]([NH3+])Cc1c[nH]c2c(Br)cccc12. The van der Waals surface area contributed by atoms with Gasteiger partial charge in [0.1, 0.15) is 0 Å². The summed E-state index contributed by atoms with van der Waals surface area (Å²) in [5.74, 6) is -0.283. The molecule has 1 aromatic heterocycles. The Balaban J connectivity index is 2.31. The first-order valence-electron chi connectivity index (χ1n) is 5.29. The third kappa shape index (κ3) is 2.35. The number of carbonyl (C=O) groups excluding carboxylic acids is 1. The molecule has 0 spiro atoms. The van der Waals surface area contributed by atoms with E-state index in [1.165, 1.54) is 7.11 Å². The van der Waals surface area contributed by atoms with Crippen LogP contribution >= 0.6 is 15.9 Å². The zero-order chi connectivity index (χ0) is 12.4. The zero-order valence-electron chi connectivity index (χ0n) is 9.50. The second-order valence-corrected chi connectivity index (χ2v) is 4.75. The molecule has 0 unspecified atom stereocenters. The molecular weight excluding hydrogens is 284 g/mol. The first kappa shape index (κ1) is 12.1. The van der Waals surface area contributed by atoms with Gasteiger partial charge in [-0.1, -0.05) is 12.1 Å². The average molecular weight is 298 g/mol. The van der Waals surface area contributed by atoms with Gasteiger partial charge in [-0.2, -0.15) is 0 Å². The van der Waals surface area contributed by atoms with Crippen LogP contribution in [0.4, 0.5) is 0 Å². The van der Waals surface area contributed by atoms with E-state index in [1.807, 2.05) is 24.4 Å². The lowest BCUT2D eigenvalue weighted by molar-refractivity contribution is -0.407. The number of hydrogen-bond donors (Lipinski definition) is 2. The third-order valence-electron chi connectivity index (χ3n) is 2.75. The van der Waals surface area contributed by atoms with Crippen molar-refractivity contribution in [3.05, 3.63) is 34.4 Å². The number of nitrogens with one attached hydrogen (secondary N) is 1. The van der Waals surface area contributed by atoms with Crippen molar-refractivity contribution in [3.63, 3.8) is 0 Å². The van der Waals surface area contributed by atoms with E-state index in [0.29, 0.717) is 6.42 Å². The molecule has 0 aliphatic carbocycles. The third-order valence-corrected chi connectivity index (χ3v) is 3.41. The van der Waals surface area contributed by atoms with Gasteiger partial charge in [-0.05, 0) is 27.6 Å². The fraction of sp³-hybridized carbons (Fsp3) is 0.250. The standard InChI is InChI=1S/C12H13BrN2O2/c1-17-12(16)10(14)5-7-6-15-11-8(7)3-2-4-9(11)13/h2-4,6,10,15H,5,14H2,1H3/p+1/t10-/m0/s1. The number of carbonyl (C=O) groups is 1. The molecule has 1 aromatic carbocycles. The summed E-state index contributed by atoms with van der Waals surface area (Å²) >= 11 is 3.48. The molecule has 2 rings (SSSR count). The molecule has 2 aromatic rings. The van der Waals surface area contributed by atoms with E-state index in [9.17, 15) is 4.79 Å². The van der Waals surface area contributed by atoms with Crippen LogP contribution in [0.3, 0.4) is 0 Å². The number of ether oxygens (including phenoxy) is 1. The highest BCUT2D eigenvalue weighted by atomic mass is 79.9. The molecule has 0 fully saturated rings. The minimum absolute atomic E-state index is 0.283. The number of hydrogen-bond acceptors (Lipinski definition) is 2. The molecule has 1 atom stereocenters. The second kappa shape index (κ2) is 4.89. The minimum Gasteiger partial charge on any atom is -0.465 e. The number of aromatic amines is 1. The Labute approximate surface area is 107 Å². The van der Waals surface area contributed by atoms with Crippen molar-refractivity contribution in [2.24, 2.45) is 0 Å². The zero-order valence-corrected chi connectivity index (χ0v) is 11.1. The minimum atomic E-state index is -0.377. The van der Waals surface area contributed by atoms with Crippen molar-refractivity contribution < 1.29 is 15.3 Å². The van der Waals surface area contributed by atoms with Crippen LogP contribution in [-0.2, 0) is 16.0 Å². The maximum atomic E-state index is 11.3. The van der Waals surface area contributed by atoms with E-state index in [1.54, 1.807) is 0 Å². The maximum Gasteiger partial charge on any atom is 0.364 e. The highest BCUT2D eigenvalue weighted by Crippen LogP contribution is 2.26. The summed E-state index contributed by atoms with van der Waals surface area (Å²) in [6.07, 6.45) is 2.49. The number of quaternary nitrogens is 1. The molecule has 0 aliphatic heterocycles. The van der Waals surface area contributed by atoms with Crippen molar-refractivity contribution >= 4 is 32.8 Å². The summed E-state index contributed by atoms with van der Waals surface area (Å²) in [5.41, 5.74) is 5.93. The first-order valence-corrected chi connectivity index (χ1v) is 6.08. The molecule has 4 N–H and O–H groups in total. The summed E-state index contributed by atoms with van der Waals surface area (Å²) in [6, 6.07) is 5.60. The number of esters is 1. The van der Waals surface area contributed by atoms with E-state index < -0.39 is 0 Å². The normalized spacial score (nSPS) is 12.6. The predicted octanol–water partition coefficient (Wildman–Crippen LogP) is 1.26. The van der Waals surface area contributed by atoms with Gasteiger partial charge in [0.15, 0.2) is 6.04 Å². The topological polar surface area (TPSA) is 69.7 Å². The molecule has 0 radical (unpaired) electrons. The maximum absolute atomic E-state index is 11.3. The molecule has 1 heterocycles. The van der Waals surface area contributed by atoms with Gasteiger partial charge in [-0.3, -0.25) is 0 Å². The van der Waals surface area contributed by atoms with Gasteiger partial charge in [0, 0.05) is 22.5 Å². The van der Waals surface area contributed by atoms with Crippen molar-refractivity contribution in [2.45, 2.75) is 12.5 Å². The molecule has 0 aliphatic rings. The Morgan fingerprint density at radius 3 is 3.06 bits per heavy atom. The van der Waals surface area contributed by atoms with E-state index in [2.05, 4.69) is 31.4 Å². The molecule has 0 bridgehead atoms. The average Bonchev–Trinajstić information content (AvgIpc) is 2.73. The Morgan fingerprint density at radius 2 is 2.35 bits per heavy atom. The summed E-state index contributed by atoms with van der Waals surface area (Å²) < 4.78 is 5.69. The van der Waals surface area contributed by atoms with Gasteiger partial charge in [-0.25, -0.2) is 4.79 Å². The lowest BCUT2D eigenvalue weighted by atomic mass is 10.1. The van der Waals surface area contributed by atoms with E-state index in [-0.39, 0.29) is 12.0 Å². The molecule has 0 saturated heterocycles. The van der Waals surface area contributed by atoms with E-state index in [0.717, 1.165) is 20.9 Å². The number of H-pyrrole nitrogens is 1.